The normalized spacial score (nSPS) is 14.0. The fraction of sp³-hybridized carbons (Fsp3) is 0.333. The number of hydrogen-bond donors (Lipinski definition) is 1. The van der Waals surface area contributed by atoms with E-state index in [2.05, 4.69) is 17.4 Å². The van der Waals surface area contributed by atoms with E-state index >= 15 is 0 Å². The predicted octanol–water partition coefficient (Wildman–Crippen LogP) is 3.87. The minimum Gasteiger partial charge on any atom is -0.334 e. The molecule has 1 heterocycles. The fourth-order valence-electron chi connectivity index (χ4n) is 2.90. The molecule has 0 radical (unpaired) electrons. The van der Waals surface area contributed by atoms with Crippen LogP contribution in [0, 0.1) is 5.41 Å². The highest BCUT2D eigenvalue weighted by atomic mass is 16.2. The molecule has 0 atom stereocenters. The van der Waals surface area contributed by atoms with E-state index in [9.17, 15) is 9.59 Å². The molecule has 0 unspecified atom stereocenters. The van der Waals surface area contributed by atoms with Crippen molar-refractivity contribution in [3.05, 3.63) is 65.2 Å². The topological polar surface area (TPSA) is 49.4 Å². The van der Waals surface area contributed by atoms with Gasteiger partial charge in [-0.1, -0.05) is 51.1 Å². The van der Waals surface area contributed by atoms with E-state index in [4.69, 9.17) is 0 Å². The maximum atomic E-state index is 12.9. The molecule has 2 aromatic carbocycles. The van der Waals surface area contributed by atoms with E-state index in [1.54, 1.807) is 12.1 Å². The predicted molar refractivity (Wildman–Crippen MR) is 99.4 cm³/mol. The number of nitrogens with one attached hydrogen (secondary N) is 1. The summed E-state index contributed by atoms with van der Waals surface area (Å²) in [4.78, 5) is 26.9. The van der Waals surface area contributed by atoms with Crippen LogP contribution >= 0.6 is 0 Å². The first-order chi connectivity index (χ1) is 11.8. The molecule has 0 aliphatic carbocycles. The molecular weight excluding hydrogens is 312 g/mol. The highest BCUT2D eigenvalue weighted by molar-refractivity contribution is 5.98. The molecule has 4 heteroatoms. The van der Waals surface area contributed by atoms with Crippen molar-refractivity contribution >= 4 is 17.5 Å². The largest absolute Gasteiger partial charge is 0.334 e. The van der Waals surface area contributed by atoms with Crippen LogP contribution in [-0.4, -0.2) is 23.3 Å². The number of amides is 2. The van der Waals surface area contributed by atoms with Crippen LogP contribution in [0.2, 0.25) is 0 Å². The standard InChI is InChI=1S/C21H24N2O2/c1-21(2,3)20(25)22-18-10-6-9-16(13-18)19(24)23-12-11-15-7-4-5-8-17(15)14-23/h4-10,13H,11-12,14H2,1-3H3,(H,22,25). The SMILES string of the molecule is CC(C)(C)C(=O)Nc1cccc(C(=O)N2CCc3ccccc3C2)c1. The van der Waals surface area contributed by atoms with Crippen molar-refractivity contribution in [2.45, 2.75) is 33.7 Å². The minimum absolute atomic E-state index is 0.00126. The molecule has 2 aromatic rings. The van der Waals surface area contributed by atoms with Gasteiger partial charge in [0.2, 0.25) is 5.91 Å². The Morgan fingerprint density at radius 1 is 1.00 bits per heavy atom. The first-order valence-electron chi connectivity index (χ1n) is 8.62. The zero-order chi connectivity index (χ0) is 18.0. The Hall–Kier alpha value is -2.62. The van der Waals surface area contributed by atoms with Gasteiger partial charge in [0.15, 0.2) is 0 Å². The number of hydrogen-bond acceptors (Lipinski definition) is 2. The fourth-order valence-corrected chi connectivity index (χ4v) is 2.90. The van der Waals surface area contributed by atoms with Gasteiger partial charge in [0, 0.05) is 29.8 Å². The van der Waals surface area contributed by atoms with Gasteiger partial charge in [-0.3, -0.25) is 9.59 Å². The Balaban J connectivity index is 1.75. The van der Waals surface area contributed by atoms with Crippen molar-refractivity contribution in [1.29, 1.82) is 0 Å². The molecular formula is C21H24N2O2. The number of rotatable bonds is 2. The molecule has 3 rings (SSSR count). The molecule has 0 fully saturated rings. The lowest BCUT2D eigenvalue weighted by atomic mass is 9.95. The van der Waals surface area contributed by atoms with Crippen LogP contribution in [0.1, 0.15) is 42.3 Å². The van der Waals surface area contributed by atoms with Gasteiger partial charge in [-0.2, -0.15) is 0 Å². The van der Waals surface area contributed by atoms with Crippen LogP contribution in [-0.2, 0) is 17.8 Å². The Morgan fingerprint density at radius 2 is 1.72 bits per heavy atom. The third-order valence-corrected chi connectivity index (χ3v) is 4.47. The van der Waals surface area contributed by atoms with Gasteiger partial charge in [0.25, 0.3) is 5.91 Å². The van der Waals surface area contributed by atoms with Crippen molar-refractivity contribution in [2.24, 2.45) is 5.41 Å². The van der Waals surface area contributed by atoms with Crippen LogP contribution in [0.25, 0.3) is 0 Å². The molecule has 1 aliphatic heterocycles. The monoisotopic (exact) mass is 336 g/mol. The van der Waals surface area contributed by atoms with E-state index in [1.807, 2.05) is 49.9 Å². The van der Waals surface area contributed by atoms with E-state index in [0.29, 0.717) is 24.3 Å². The number of nitrogens with zero attached hydrogens (tertiary/aromatic N) is 1. The Labute approximate surface area is 148 Å². The minimum atomic E-state index is -0.476. The maximum Gasteiger partial charge on any atom is 0.254 e. The van der Waals surface area contributed by atoms with Crippen LogP contribution in [0.3, 0.4) is 0 Å². The van der Waals surface area contributed by atoms with Crippen molar-refractivity contribution < 1.29 is 9.59 Å². The van der Waals surface area contributed by atoms with E-state index in [-0.39, 0.29) is 11.8 Å². The van der Waals surface area contributed by atoms with Crippen molar-refractivity contribution in [3.8, 4) is 0 Å². The average molecular weight is 336 g/mol. The molecule has 0 spiro atoms. The first kappa shape index (κ1) is 17.2. The summed E-state index contributed by atoms with van der Waals surface area (Å²) in [5.41, 5.74) is 3.31. The molecule has 0 saturated heterocycles. The summed E-state index contributed by atoms with van der Waals surface area (Å²) >= 11 is 0. The van der Waals surface area contributed by atoms with Gasteiger partial charge in [-0.25, -0.2) is 0 Å². The Morgan fingerprint density at radius 3 is 2.44 bits per heavy atom. The Bertz CT molecular complexity index is 806. The second kappa shape index (κ2) is 6.71. The van der Waals surface area contributed by atoms with Gasteiger partial charge in [0.1, 0.15) is 0 Å². The smallest absolute Gasteiger partial charge is 0.254 e. The summed E-state index contributed by atoms with van der Waals surface area (Å²) < 4.78 is 0. The molecule has 130 valence electrons. The van der Waals surface area contributed by atoms with Crippen LogP contribution in [0.15, 0.2) is 48.5 Å². The Kier molecular flexibility index (Phi) is 4.62. The zero-order valence-electron chi connectivity index (χ0n) is 15.0. The van der Waals surface area contributed by atoms with Crippen LogP contribution in [0.5, 0.6) is 0 Å². The summed E-state index contributed by atoms with van der Waals surface area (Å²) in [5, 5.41) is 2.89. The lowest BCUT2D eigenvalue weighted by molar-refractivity contribution is -0.123. The first-order valence-corrected chi connectivity index (χ1v) is 8.62. The van der Waals surface area contributed by atoms with Crippen molar-refractivity contribution in [1.82, 2.24) is 4.90 Å². The van der Waals surface area contributed by atoms with Gasteiger partial charge >= 0.3 is 0 Å². The van der Waals surface area contributed by atoms with Crippen LogP contribution < -0.4 is 5.32 Å². The average Bonchev–Trinajstić information content (AvgIpc) is 2.60. The highest BCUT2D eigenvalue weighted by Crippen LogP contribution is 2.22. The molecule has 0 aromatic heterocycles. The van der Waals surface area contributed by atoms with Gasteiger partial charge in [-0.05, 0) is 35.7 Å². The number of carbonyl (C=O) groups excluding carboxylic acids is 2. The lowest BCUT2D eigenvalue weighted by Crippen LogP contribution is -2.36. The van der Waals surface area contributed by atoms with E-state index < -0.39 is 5.41 Å². The van der Waals surface area contributed by atoms with Gasteiger partial charge < -0.3 is 10.2 Å². The van der Waals surface area contributed by atoms with Gasteiger partial charge in [-0.15, -0.1) is 0 Å². The van der Waals surface area contributed by atoms with E-state index in [0.717, 1.165) is 6.42 Å². The molecule has 2 amide bonds. The summed E-state index contributed by atoms with van der Waals surface area (Å²) in [7, 11) is 0. The second-order valence-electron chi connectivity index (χ2n) is 7.53. The lowest BCUT2D eigenvalue weighted by Gasteiger charge is -2.29. The van der Waals surface area contributed by atoms with Crippen molar-refractivity contribution in [3.63, 3.8) is 0 Å². The van der Waals surface area contributed by atoms with Gasteiger partial charge in [0.05, 0.1) is 0 Å². The highest BCUT2D eigenvalue weighted by Gasteiger charge is 2.23. The second-order valence-corrected chi connectivity index (χ2v) is 7.53. The maximum absolute atomic E-state index is 12.9. The summed E-state index contributed by atoms with van der Waals surface area (Å²) in [6.45, 7) is 6.94. The van der Waals surface area contributed by atoms with Crippen LogP contribution in [0.4, 0.5) is 5.69 Å². The molecule has 4 nitrogen and oxygen atoms in total. The van der Waals surface area contributed by atoms with E-state index in [1.165, 1.54) is 11.1 Å². The molecule has 1 aliphatic rings. The summed E-state index contributed by atoms with van der Waals surface area (Å²) in [6, 6.07) is 15.4. The summed E-state index contributed by atoms with van der Waals surface area (Å²) in [5.74, 6) is -0.0645. The number of carbonyl (C=O) groups is 2. The quantitative estimate of drug-likeness (QED) is 0.905. The number of benzene rings is 2. The third-order valence-electron chi connectivity index (χ3n) is 4.47. The molecule has 25 heavy (non-hydrogen) atoms. The molecule has 1 N–H and O–H groups in total. The van der Waals surface area contributed by atoms with Crippen molar-refractivity contribution in [2.75, 3.05) is 11.9 Å². The zero-order valence-corrected chi connectivity index (χ0v) is 15.0. The number of fused-ring (bicyclic) bond motifs is 1. The summed E-state index contributed by atoms with van der Waals surface area (Å²) in [6.07, 6.45) is 0.877. The third kappa shape index (κ3) is 3.90. The molecule has 0 bridgehead atoms. The molecule has 0 saturated carbocycles. The number of anilines is 1.